The molecule has 0 saturated heterocycles. The summed E-state index contributed by atoms with van der Waals surface area (Å²) in [6, 6.07) is 9.55. The molecule has 0 bridgehead atoms. The average molecular weight is 274 g/mol. The lowest BCUT2D eigenvalue weighted by molar-refractivity contribution is 0.286. The third-order valence-corrected chi connectivity index (χ3v) is 4.29. The molecule has 0 aliphatic heterocycles. The predicted octanol–water partition coefficient (Wildman–Crippen LogP) is 3.59. The first-order valence-electron chi connectivity index (χ1n) is 7.86. The fourth-order valence-corrected chi connectivity index (χ4v) is 2.71. The van der Waals surface area contributed by atoms with Crippen molar-refractivity contribution in [3.63, 3.8) is 0 Å². The molecule has 1 unspecified atom stereocenters. The van der Waals surface area contributed by atoms with E-state index in [1.165, 1.54) is 30.5 Å². The maximum Gasteiger partial charge on any atom is 0.0446 e. The third-order valence-electron chi connectivity index (χ3n) is 4.29. The maximum atomic E-state index is 3.46. The van der Waals surface area contributed by atoms with Crippen molar-refractivity contribution in [1.29, 1.82) is 0 Å². The zero-order valence-corrected chi connectivity index (χ0v) is 13.7. The van der Waals surface area contributed by atoms with Crippen LogP contribution in [0.1, 0.15) is 50.8 Å². The Balaban J connectivity index is 1.99. The van der Waals surface area contributed by atoms with E-state index < -0.39 is 0 Å². The molecule has 0 aromatic heterocycles. The summed E-state index contributed by atoms with van der Waals surface area (Å²) in [5, 5.41) is 3.46. The molecule has 1 saturated carbocycles. The summed E-state index contributed by atoms with van der Waals surface area (Å²) in [6.45, 7) is 9.13. The lowest BCUT2D eigenvalue weighted by Gasteiger charge is -2.25. The van der Waals surface area contributed by atoms with E-state index in [4.69, 9.17) is 0 Å². The quantitative estimate of drug-likeness (QED) is 0.853. The molecule has 1 fully saturated rings. The molecule has 20 heavy (non-hydrogen) atoms. The van der Waals surface area contributed by atoms with Crippen molar-refractivity contribution in [2.75, 3.05) is 27.2 Å². The fraction of sp³-hybridized carbons (Fsp3) is 0.667. The van der Waals surface area contributed by atoms with Gasteiger partial charge in [-0.15, -0.1) is 0 Å². The van der Waals surface area contributed by atoms with Crippen molar-refractivity contribution < 1.29 is 0 Å². The van der Waals surface area contributed by atoms with E-state index in [0.29, 0.717) is 6.04 Å². The van der Waals surface area contributed by atoms with Gasteiger partial charge in [0.1, 0.15) is 0 Å². The Morgan fingerprint density at radius 2 is 1.80 bits per heavy atom. The normalized spacial score (nSPS) is 17.5. The molecule has 1 aromatic carbocycles. The second kappa shape index (κ2) is 6.28. The minimum absolute atomic E-state index is 0.233. The second-order valence-electron chi connectivity index (χ2n) is 7.38. The summed E-state index contributed by atoms with van der Waals surface area (Å²) in [7, 11) is 4.31. The number of rotatable bonds is 6. The molecule has 0 spiro atoms. The first-order chi connectivity index (χ1) is 9.40. The second-order valence-corrected chi connectivity index (χ2v) is 7.38. The largest absolute Gasteiger partial charge is 0.312 e. The summed E-state index contributed by atoms with van der Waals surface area (Å²) in [6.07, 6.45) is 2.85. The van der Waals surface area contributed by atoms with Gasteiger partial charge in [-0.3, -0.25) is 0 Å². The summed E-state index contributed by atoms with van der Waals surface area (Å²) in [4.78, 5) is 2.47. The van der Waals surface area contributed by atoms with E-state index in [9.17, 15) is 0 Å². The van der Waals surface area contributed by atoms with Crippen LogP contribution in [-0.2, 0) is 5.41 Å². The standard InChI is InChI=1S/C18H30N2/c1-18(2,3)16-10-8-15(9-11-16)17(19-4)13-20(5)12-14-6-7-14/h8-11,14,17,19H,6-7,12-13H2,1-5H3. The molecule has 1 aromatic rings. The van der Waals surface area contributed by atoms with Gasteiger partial charge in [0, 0.05) is 19.1 Å². The Morgan fingerprint density at radius 1 is 1.20 bits per heavy atom. The number of benzene rings is 1. The van der Waals surface area contributed by atoms with Crippen LogP contribution in [0.5, 0.6) is 0 Å². The van der Waals surface area contributed by atoms with E-state index in [-0.39, 0.29) is 5.41 Å². The molecular weight excluding hydrogens is 244 g/mol. The third kappa shape index (κ3) is 4.32. The van der Waals surface area contributed by atoms with E-state index in [1.807, 2.05) is 0 Å². The van der Waals surface area contributed by atoms with E-state index in [0.717, 1.165) is 12.5 Å². The van der Waals surface area contributed by atoms with Crippen molar-refractivity contribution in [3.05, 3.63) is 35.4 Å². The van der Waals surface area contributed by atoms with Gasteiger partial charge < -0.3 is 10.2 Å². The zero-order valence-electron chi connectivity index (χ0n) is 13.7. The molecule has 2 rings (SSSR count). The van der Waals surface area contributed by atoms with Crippen LogP contribution < -0.4 is 5.32 Å². The first-order valence-corrected chi connectivity index (χ1v) is 7.86. The molecule has 0 amide bonds. The summed E-state index contributed by atoms with van der Waals surface area (Å²) < 4.78 is 0. The minimum atomic E-state index is 0.233. The molecule has 2 nitrogen and oxygen atoms in total. The van der Waals surface area contributed by atoms with Gasteiger partial charge in [0.25, 0.3) is 0 Å². The maximum absolute atomic E-state index is 3.46. The smallest absolute Gasteiger partial charge is 0.0446 e. The molecule has 1 aliphatic carbocycles. The van der Waals surface area contributed by atoms with Gasteiger partial charge in [-0.25, -0.2) is 0 Å². The Kier molecular flexibility index (Phi) is 4.87. The van der Waals surface area contributed by atoms with Gasteiger partial charge in [0.05, 0.1) is 0 Å². The predicted molar refractivity (Wildman–Crippen MR) is 87.2 cm³/mol. The molecular formula is C18H30N2. The minimum Gasteiger partial charge on any atom is -0.312 e. The molecule has 1 aliphatic rings. The molecule has 1 atom stereocenters. The van der Waals surface area contributed by atoms with Gasteiger partial charge >= 0.3 is 0 Å². The molecule has 1 N–H and O–H groups in total. The van der Waals surface area contributed by atoms with Crippen molar-refractivity contribution >= 4 is 0 Å². The number of hydrogen-bond acceptors (Lipinski definition) is 2. The Hall–Kier alpha value is -0.860. The van der Waals surface area contributed by atoms with Gasteiger partial charge in [0.15, 0.2) is 0 Å². The Morgan fingerprint density at radius 3 is 2.25 bits per heavy atom. The zero-order chi connectivity index (χ0) is 14.8. The SMILES string of the molecule is CNC(CN(C)CC1CC1)c1ccc(C(C)(C)C)cc1. The number of hydrogen-bond donors (Lipinski definition) is 1. The van der Waals surface area contributed by atoms with Crippen LogP contribution in [0.3, 0.4) is 0 Å². The van der Waals surface area contributed by atoms with Crippen molar-refractivity contribution in [2.24, 2.45) is 5.92 Å². The highest BCUT2D eigenvalue weighted by molar-refractivity contribution is 5.29. The Bertz CT molecular complexity index is 412. The van der Waals surface area contributed by atoms with Crippen LogP contribution in [0.15, 0.2) is 24.3 Å². The van der Waals surface area contributed by atoms with Gasteiger partial charge in [-0.2, -0.15) is 0 Å². The first kappa shape index (κ1) is 15.5. The van der Waals surface area contributed by atoms with Crippen molar-refractivity contribution in [3.8, 4) is 0 Å². The van der Waals surface area contributed by atoms with Crippen LogP contribution in [0, 0.1) is 5.92 Å². The monoisotopic (exact) mass is 274 g/mol. The highest BCUT2D eigenvalue weighted by Crippen LogP contribution is 2.30. The number of likely N-dealkylation sites (N-methyl/N-ethyl adjacent to an activating group) is 2. The molecule has 0 radical (unpaired) electrons. The lowest BCUT2D eigenvalue weighted by atomic mass is 9.86. The van der Waals surface area contributed by atoms with Crippen LogP contribution in [0.25, 0.3) is 0 Å². The highest BCUT2D eigenvalue weighted by atomic mass is 15.1. The van der Waals surface area contributed by atoms with Crippen LogP contribution >= 0.6 is 0 Å². The average Bonchev–Trinajstić information content (AvgIpc) is 3.19. The van der Waals surface area contributed by atoms with E-state index in [1.54, 1.807) is 0 Å². The lowest BCUT2D eigenvalue weighted by Crippen LogP contribution is -2.32. The fourth-order valence-electron chi connectivity index (χ4n) is 2.71. The van der Waals surface area contributed by atoms with Crippen molar-refractivity contribution in [2.45, 2.75) is 45.1 Å². The number of nitrogens with one attached hydrogen (secondary N) is 1. The molecule has 0 heterocycles. The summed E-state index contributed by atoms with van der Waals surface area (Å²) in [5.41, 5.74) is 3.03. The van der Waals surface area contributed by atoms with Gasteiger partial charge in [0.2, 0.25) is 0 Å². The van der Waals surface area contributed by atoms with Crippen LogP contribution in [0.4, 0.5) is 0 Å². The van der Waals surface area contributed by atoms with E-state index in [2.05, 4.69) is 69.3 Å². The summed E-state index contributed by atoms with van der Waals surface area (Å²) >= 11 is 0. The van der Waals surface area contributed by atoms with Gasteiger partial charge in [-0.1, -0.05) is 45.0 Å². The molecule has 112 valence electrons. The summed E-state index contributed by atoms with van der Waals surface area (Å²) in [5.74, 6) is 0.959. The van der Waals surface area contributed by atoms with Crippen molar-refractivity contribution in [1.82, 2.24) is 10.2 Å². The highest BCUT2D eigenvalue weighted by Gasteiger charge is 2.24. The van der Waals surface area contributed by atoms with Gasteiger partial charge in [-0.05, 0) is 49.4 Å². The molecule has 2 heteroatoms. The topological polar surface area (TPSA) is 15.3 Å². The van der Waals surface area contributed by atoms with Crippen LogP contribution in [-0.4, -0.2) is 32.1 Å². The Labute approximate surface area is 124 Å². The van der Waals surface area contributed by atoms with Crippen LogP contribution in [0.2, 0.25) is 0 Å². The number of nitrogens with zero attached hydrogens (tertiary/aromatic N) is 1. The van der Waals surface area contributed by atoms with E-state index >= 15 is 0 Å².